The Morgan fingerprint density at radius 1 is 1.57 bits per heavy atom. The summed E-state index contributed by atoms with van der Waals surface area (Å²) in [5, 5.41) is 3.43. The van der Waals surface area contributed by atoms with Crippen LogP contribution in [0.2, 0.25) is 0 Å². The second kappa shape index (κ2) is 5.73. The van der Waals surface area contributed by atoms with E-state index in [4.69, 9.17) is 5.73 Å². The molecule has 0 fully saturated rings. The molecule has 0 aliphatic rings. The third kappa shape index (κ3) is 3.44. The van der Waals surface area contributed by atoms with Crippen molar-refractivity contribution in [2.24, 2.45) is 5.73 Å². The Kier molecular flexibility index (Phi) is 4.56. The fourth-order valence-electron chi connectivity index (χ4n) is 1.19. The number of hydrogen-bond acceptors (Lipinski definition) is 3. The Hall–Kier alpha value is -0.930. The lowest BCUT2D eigenvalue weighted by Gasteiger charge is -2.11. The number of nitrogens with two attached hydrogens (primary N) is 1. The molecule has 1 atom stereocenters. The van der Waals surface area contributed by atoms with Crippen LogP contribution in [0.3, 0.4) is 0 Å². The van der Waals surface area contributed by atoms with Gasteiger partial charge in [0.15, 0.2) is 0 Å². The van der Waals surface area contributed by atoms with Crippen molar-refractivity contribution in [2.45, 2.75) is 39.4 Å². The highest BCUT2D eigenvalue weighted by Gasteiger charge is 1.99. The van der Waals surface area contributed by atoms with Crippen molar-refractivity contribution in [3.8, 4) is 0 Å². The van der Waals surface area contributed by atoms with Gasteiger partial charge in [-0.3, -0.25) is 4.98 Å². The van der Waals surface area contributed by atoms with E-state index in [-0.39, 0.29) is 0 Å². The maximum atomic E-state index is 5.52. The Balaban J connectivity index is 2.50. The molecule has 1 aromatic heterocycles. The summed E-state index contributed by atoms with van der Waals surface area (Å²) in [6, 6.07) is 4.63. The van der Waals surface area contributed by atoms with Crippen molar-refractivity contribution in [3.63, 3.8) is 0 Å². The van der Waals surface area contributed by atoms with Gasteiger partial charge in [-0.25, -0.2) is 0 Å². The number of hydrogen-bond donors (Lipinski definition) is 2. The molecule has 3 nitrogen and oxygen atoms in total. The summed E-state index contributed by atoms with van der Waals surface area (Å²) in [5.74, 6) is 0. The minimum atomic E-state index is 0.511. The van der Waals surface area contributed by atoms with Crippen LogP contribution in [-0.2, 0) is 13.1 Å². The number of aromatic nitrogens is 1. The first-order valence-corrected chi connectivity index (χ1v) is 5.13. The molecule has 1 aromatic rings. The van der Waals surface area contributed by atoms with Gasteiger partial charge in [-0.05, 0) is 31.0 Å². The fraction of sp³-hybridized carbons (Fsp3) is 0.545. The number of nitrogens with zero attached hydrogens (tertiary/aromatic N) is 1. The van der Waals surface area contributed by atoms with E-state index in [1.165, 1.54) is 5.56 Å². The summed E-state index contributed by atoms with van der Waals surface area (Å²) in [5.41, 5.74) is 7.72. The summed E-state index contributed by atoms with van der Waals surface area (Å²) >= 11 is 0. The monoisotopic (exact) mass is 193 g/mol. The zero-order valence-corrected chi connectivity index (χ0v) is 8.96. The van der Waals surface area contributed by atoms with Gasteiger partial charge in [-0.1, -0.05) is 6.92 Å². The van der Waals surface area contributed by atoms with Crippen LogP contribution in [0.25, 0.3) is 0 Å². The normalized spacial score (nSPS) is 12.8. The topological polar surface area (TPSA) is 50.9 Å². The molecule has 3 heteroatoms. The smallest absolute Gasteiger partial charge is 0.0542 e. The average Bonchev–Trinajstić information content (AvgIpc) is 2.26. The molecule has 78 valence electrons. The van der Waals surface area contributed by atoms with Crippen LogP contribution >= 0.6 is 0 Å². The van der Waals surface area contributed by atoms with Crippen LogP contribution in [0.1, 0.15) is 31.5 Å². The number of pyridine rings is 1. The van der Waals surface area contributed by atoms with Crippen LogP contribution in [0.15, 0.2) is 18.3 Å². The van der Waals surface area contributed by atoms with E-state index in [1.807, 2.05) is 12.3 Å². The van der Waals surface area contributed by atoms with Gasteiger partial charge >= 0.3 is 0 Å². The minimum absolute atomic E-state index is 0.511. The lowest BCUT2D eigenvalue weighted by molar-refractivity contribution is 0.534. The van der Waals surface area contributed by atoms with Crippen molar-refractivity contribution in [2.75, 3.05) is 0 Å². The molecule has 1 heterocycles. The Morgan fingerprint density at radius 3 is 3.00 bits per heavy atom. The van der Waals surface area contributed by atoms with Gasteiger partial charge in [0.05, 0.1) is 5.69 Å². The van der Waals surface area contributed by atoms with E-state index < -0.39 is 0 Å². The Morgan fingerprint density at radius 2 is 2.36 bits per heavy atom. The lowest BCUT2D eigenvalue weighted by Crippen LogP contribution is -2.24. The van der Waals surface area contributed by atoms with E-state index in [9.17, 15) is 0 Å². The number of nitrogens with one attached hydrogen (secondary N) is 1. The largest absolute Gasteiger partial charge is 0.325 e. The Bertz CT molecular complexity index is 273. The van der Waals surface area contributed by atoms with E-state index in [0.717, 1.165) is 18.7 Å². The summed E-state index contributed by atoms with van der Waals surface area (Å²) in [4.78, 5) is 4.15. The standard InChI is InChI=1S/C11H19N3/c1-3-9(2)14-8-10-4-5-13-11(6-10)7-12/h4-6,9,14H,3,7-8,12H2,1-2H3. The molecule has 0 aromatic carbocycles. The molecule has 0 bridgehead atoms. The molecule has 1 unspecified atom stereocenters. The molecule has 0 aliphatic carbocycles. The zero-order chi connectivity index (χ0) is 10.4. The molecular formula is C11H19N3. The molecule has 0 amide bonds. The average molecular weight is 193 g/mol. The van der Waals surface area contributed by atoms with Crippen molar-refractivity contribution < 1.29 is 0 Å². The van der Waals surface area contributed by atoms with Gasteiger partial charge in [-0.2, -0.15) is 0 Å². The molecule has 0 aliphatic heterocycles. The van der Waals surface area contributed by atoms with Crippen LogP contribution in [0.5, 0.6) is 0 Å². The summed E-state index contributed by atoms with van der Waals surface area (Å²) in [6.45, 7) is 5.77. The molecule has 1 rings (SSSR count). The summed E-state index contributed by atoms with van der Waals surface area (Å²) in [7, 11) is 0. The number of rotatable bonds is 5. The first-order chi connectivity index (χ1) is 6.76. The predicted molar refractivity (Wildman–Crippen MR) is 58.7 cm³/mol. The van der Waals surface area contributed by atoms with Crippen LogP contribution in [0, 0.1) is 0 Å². The highest BCUT2D eigenvalue weighted by Crippen LogP contribution is 2.01. The van der Waals surface area contributed by atoms with E-state index in [2.05, 4.69) is 30.2 Å². The van der Waals surface area contributed by atoms with Gasteiger partial charge in [0.25, 0.3) is 0 Å². The third-order valence-corrected chi connectivity index (χ3v) is 2.36. The Labute approximate surface area is 85.7 Å². The molecule has 0 saturated carbocycles. The van der Waals surface area contributed by atoms with Crippen molar-refractivity contribution in [1.29, 1.82) is 0 Å². The van der Waals surface area contributed by atoms with Crippen molar-refractivity contribution in [1.82, 2.24) is 10.3 Å². The highest BCUT2D eigenvalue weighted by molar-refractivity contribution is 5.16. The van der Waals surface area contributed by atoms with Crippen LogP contribution in [-0.4, -0.2) is 11.0 Å². The van der Waals surface area contributed by atoms with E-state index in [0.29, 0.717) is 12.6 Å². The second-order valence-electron chi connectivity index (χ2n) is 3.55. The SMILES string of the molecule is CCC(C)NCc1ccnc(CN)c1. The van der Waals surface area contributed by atoms with Crippen LogP contribution < -0.4 is 11.1 Å². The minimum Gasteiger partial charge on any atom is -0.325 e. The first-order valence-electron chi connectivity index (χ1n) is 5.13. The maximum Gasteiger partial charge on any atom is 0.0542 e. The second-order valence-corrected chi connectivity index (χ2v) is 3.55. The molecule has 0 radical (unpaired) electrons. The van der Waals surface area contributed by atoms with Crippen molar-refractivity contribution >= 4 is 0 Å². The molecule has 0 saturated heterocycles. The fourth-order valence-corrected chi connectivity index (χ4v) is 1.19. The highest BCUT2D eigenvalue weighted by atomic mass is 14.9. The first kappa shape index (κ1) is 11.1. The summed E-state index contributed by atoms with van der Waals surface area (Å²) in [6.07, 6.45) is 2.96. The van der Waals surface area contributed by atoms with Gasteiger partial charge in [-0.15, -0.1) is 0 Å². The molecular weight excluding hydrogens is 174 g/mol. The molecule has 3 N–H and O–H groups in total. The van der Waals surface area contributed by atoms with Crippen molar-refractivity contribution in [3.05, 3.63) is 29.6 Å². The van der Waals surface area contributed by atoms with E-state index in [1.54, 1.807) is 0 Å². The molecule has 14 heavy (non-hydrogen) atoms. The third-order valence-electron chi connectivity index (χ3n) is 2.36. The van der Waals surface area contributed by atoms with Gasteiger partial charge in [0.2, 0.25) is 0 Å². The van der Waals surface area contributed by atoms with Crippen LogP contribution in [0.4, 0.5) is 0 Å². The molecule has 0 spiro atoms. The summed E-state index contributed by atoms with van der Waals surface area (Å²) < 4.78 is 0. The lowest BCUT2D eigenvalue weighted by atomic mass is 10.2. The predicted octanol–water partition coefficient (Wildman–Crippen LogP) is 1.43. The zero-order valence-electron chi connectivity index (χ0n) is 8.96. The van der Waals surface area contributed by atoms with Gasteiger partial charge in [0.1, 0.15) is 0 Å². The maximum absolute atomic E-state index is 5.52. The van der Waals surface area contributed by atoms with E-state index >= 15 is 0 Å². The quantitative estimate of drug-likeness (QED) is 0.743. The van der Waals surface area contributed by atoms with Gasteiger partial charge in [0, 0.05) is 25.3 Å². The van der Waals surface area contributed by atoms with Gasteiger partial charge < -0.3 is 11.1 Å².